The van der Waals surface area contributed by atoms with Crippen LogP contribution in [0, 0.1) is 0 Å². The van der Waals surface area contributed by atoms with Crippen molar-refractivity contribution in [3.63, 3.8) is 0 Å². The van der Waals surface area contributed by atoms with Crippen molar-refractivity contribution in [2.24, 2.45) is 7.05 Å². The SMILES string of the molecule is CNC(CSC)c1c(Cl)cnn1C. The quantitative estimate of drug-likeness (QED) is 0.836. The third-order valence-electron chi connectivity index (χ3n) is 1.95. The predicted octanol–water partition coefficient (Wildman–Crippen LogP) is 1.70. The Morgan fingerprint density at radius 1 is 1.77 bits per heavy atom. The zero-order valence-electron chi connectivity index (χ0n) is 8.04. The van der Waals surface area contributed by atoms with Crippen LogP contribution >= 0.6 is 23.4 Å². The highest BCUT2D eigenvalue weighted by atomic mass is 35.5. The van der Waals surface area contributed by atoms with Gasteiger partial charge in [0.2, 0.25) is 0 Å². The summed E-state index contributed by atoms with van der Waals surface area (Å²) in [5.74, 6) is 0.996. The Morgan fingerprint density at radius 2 is 2.46 bits per heavy atom. The van der Waals surface area contributed by atoms with Gasteiger partial charge in [-0.3, -0.25) is 4.68 Å². The first kappa shape index (κ1) is 10.9. The van der Waals surface area contributed by atoms with Gasteiger partial charge in [0.15, 0.2) is 0 Å². The molecule has 1 heterocycles. The minimum Gasteiger partial charge on any atom is -0.311 e. The summed E-state index contributed by atoms with van der Waals surface area (Å²) in [5.41, 5.74) is 1.05. The van der Waals surface area contributed by atoms with Crippen molar-refractivity contribution >= 4 is 23.4 Å². The van der Waals surface area contributed by atoms with Gasteiger partial charge in [0.1, 0.15) is 0 Å². The molecule has 3 nitrogen and oxygen atoms in total. The third kappa shape index (κ3) is 2.39. The molecule has 0 fully saturated rings. The van der Waals surface area contributed by atoms with E-state index in [4.69, 9.17) is 11.6 Å². The van der Waals surface area contributed by atoms with E-state index < -0.39 is 0 Å². The Hall–Kier alpha value is -0.190. The average molecular weight is 220 g/mol. The summed E-state index contributed by atoms with van der Waals surface area (Å²) >= 11 is 7.81. The molecule has 0 aliphatic heterocycles. The highest BCUT2D eigenvalue weighted by Gasteiger charge is 2.16. The summed E-state index contributed by atoms with van der Waals surface area (Å²) in [5, 5.41) is 8.06. The lowest BCUT2D eigenvalue weighted by Crippen LogP contribution is -2.21. The van der Waals surface area contributed by atoms with Crippen molar-refractivity contribution < 1.29 is 0 Å². The molecule has 1 unspecified atom stereocenters. The Kier molecular flexibility index (Phi) is 4.09. The first-order valence-corrected chi connectivity index (χ1v) is 5.81. The van der Waals surface area contributed by atoms with Crippen LogP contribution in [0.3, 0.4) is 0 Å². The average Bonchev–Trinajstić information content (AvgIpc) is 2.43. The lowest BCUT2D eigenvalue weighted by molar-refractivity contribution is 0.586. The van der Waals surface area contributed by atoms with Gasteiger partial charge < -0.3 is 5.32 Å². The summed E-state index contributed by atoms with van der Waals surface area (Å²) < 4.78 is 1.82. The lowest BCUT2D eigenvalue weighted by Gasteiger charge is -2.15. The van der Waals surface area contributed by atoms with Crippen LogP contribution in [-0.4, -0.2) is 28.8 Å². The van der Waals surface area contributed by atoms with E-state index in [0.29, 0.717) is 0 Å². The van der Waals surface area contributed by atoms with Gasteiger partial charge in [-0.05, 0) is 13.3 Å². The number of halogens is 1. The van der Waals surface area contributed by atoms with Gasteiger partial charge in [0, 0.05) is 12.8 Å². The van der Waals surface area contributed by atoms with E-state index in [9.17, 15) is 0 Å². The predicted molar refractivity (Wildman–Crippen MR) is 58.4 cm³/mol. The molecule has 5 heteroatoms. The Balaban J connectivity index is 2.89. The zero-order valence-corrected chi connectivity index (χ0v) is 9.61. The van der Waals surface area contributed by atoms with Gasteiger partial charge in [-0.15, -0.1) is 0 Å². The molecule has 0 aliphatic carbocycles. The van der Waals surface area contributed by atoms with Crippen molar-refractivity contribution in [1.29, 1.82) is 0 Å². The molecule has 0 radical (unpaired) electrons. The maximum Gasteiger partial charge on any atom is 0.0834 e. The van der Waals surface area contributed by atoms with Crippen molar-refractivity contribution in [3.05, 3.63) is 16.9 Å². The van der Waals surface area contributed by atoms with E-state index in [1.54, 1.807) is 18.0 Å². The molecule has 0 amide bonds. The summed E-state index contributed by atoms with van der Waals surface area (Å²) in [4.78, 5) is 0. The van der Waals surface area contributed by atoms with Crippen LogP contribution in [0.15, 0.2) is 6.20 Å². The van der Waals surface area contributed by atoms with Crippen molar-refractivity contribution in [2.75, 3.05) is 19.1 Å². The van der Waals surface area contributed by atoms with E-state index >= 15 is 0 Å². The Bertz CT molecular complexity index is 255. The normalized spacial score (nSPS) is 13.2. The number of aromatic nitrogens is 2. The molecular formula is C8H14ClN3S. The molecule has 1 aromatic heterocycles. The highest BCUT2D eigenvalue weighted by molar-refractivity contribution is 7.98. The van der Waals surface area contributed by atoms with Crippen LogP contribution in [0.5, 0.6) is 0 Å². The van der Waals surface area contributed by atoms with Crippen LogP contribution in [0.25, 0.3) is 0 Å². The number of rotatable bonds is 4. The van der Waals surface area contributed by atoms with Gasteiger partial charge in [-0.2, -0.15) is 16.9 Å². The Labute approximate surface area is 87.8 Å². The fourth-order valence-electron chi connectivity index (χ4n) is 1.28. The molecule has 1 atom stereocenters. The molecule has 0 saturated heterocycles. The first-order valence-electron chi connectivity index (χ1n) is 4.04. The van der Waals surface area contributed by atoms with Gasteiger partial charge in [0.25, 0.3) is 0 Å². The molecule has 1 rings (SSSR count). The molecule has 1 aromatic rings. The van der Waals surface area contributed by atoms with Crippen molar-refractivity contribution in [1.82, 2.24) is 15.1 Å². The van der Waals surface area contributed by atoms with E-state index in [2.05, 4.69) is 16.7 Å². The summed E-state index contributed by atoms with van der Waals surface area (Å²) in [7, 11) is 3.84. The largest absolute Gasteiger partial charge is 0.311 e. The van der Waals surface area contributed by atoms with Gasteiger partial charge in [-0.25, -0.2) is 0 Å². The molecule has 0 bridgehead atoms. The summed E-state index contributed by atoms with van der Waals surface area (Å²) in [6, 6.07) is 0.273. The highest BCUT2D eigenvalue weighted by Crippen LogP contribution is 2.23. The lowest BCUT2D eigenvalue weighted by atomic mass is 10.2. The van der Waals surface area contributed by atoms with Crippen LogP contribution in [0.1, 0.15) is 11.7 Å². The molecule has 0 aromatic carbocycles. The second kappa shape index (κ2) is 4.88. The minimum absolute atomic E-state index is 0.273. The maximum absolute atomic E-state index is 6.02. The van der Waals surface area contributed by atoms with E-state index in [1.165, 1.54) is 0 Å². The fraction of sp³-hybridized carbons (Fsp3) is 0.625. The van der Waals surface area contributed by atoms with Gasteiger partial charge in [0.05, 0.1) is 23.0 Å². The second-order valence-corrected chi connectivity index (χ2v) is 4.12. The van der Waals surface area contributed by atoms with Crippen molar-refractivity contribution in [3.8, 4) is 0 Å². The summed E-state index contributed by atoms with van der Waals surface area (Å²) in [6.07, 6.45) is 3.76. The van der Waals surface area contributed by atoms with Crippen LogP contribution in [-0.2, 0) is 7.05 Å². The van der Waals surface area contributed by atoms with E-state index in [-0.39, 0.29) is 6.04 Å². The number of hydrogen-bond acceptors (Lipinski definition) is 3. The number of nitrogens with zero attached hydrogens (tertiary/aromatic N) is 2. The number of nitrogens with one attached hydrogen (secondary N) is 1. The van der Waals surface area contributed by atoms with Crippen molar-refractivity contribution in [2.45, 2.75) is 6.04 Å². The zero-order chi connectivity index (χ0) is 9.84. The Morgan fingerprint density at radius 3 is 2.85 bits per heavy atom. The smallest absolute Gasteiger partial charge is 0.0834 e. The standard InChI is InChI=1S/C8H14ClN3S/c1-10-7(5-13-3)8-6(9)4-11-12(8)2/h4,7,10H,5H2,1-3H3. The van der Waals surface area contributed by atoms with E-state index in [1.807, 2.05) is 18.8 Å². The fourth-order valence-corrected chi connectivity index (χ4v) is 2.23. The third-order valence-corrected chi connectivity index (χ3v) is 2.91. The van der Waals surface area contributed by atoms with Gasteiger partial charge >= 0.3 is 0 Å². The number of thioether (sulfide) groups is 1. The number of aryl methyl sites for hydroxylation is 1. The van der Waals surface area contributed by atoms with E-state index in [0.717, 1.165) is 16.5 Å². The molecule has 0 aliphatic rings. The number of hydrogen-bond donors (Lipinski definition) is 1. The van der Waals surface area contributed by atoms with Crippen LogP contribution < -0.4 is 5.32 Å². The molecule has 74 valence electrons. The minimum atomic E-state index is 0.273. The first-order chi connectivity index (χ1) is 6.20. The molecule has 1 N–H and O–H groups in total. The van der Waals surface area contributed by atoms with Crippen LogP contribution in [0.4, 0.5) is 0 Å². The van der Waals surface area contributed by atoms with Gasteiger partial charge in [-0.1, -0.05) is 11.6 Å². The molecule has 0 spiro atoms. The maximum atomic E-state index is 6.02. The van der Waals surface area contributed by atoms with Crippen LogP contribution in [0.2, 0.25) is 5.02 Å². The monoisotopic (exact) mass is 219 g/mol. The molecule has 13 heavy (non-hydrogen) atoms. The molecule has 0 saturated carbocycles. The topological polar surface area (TPSA) is 29.9 Å². The molecular weight excluding hydrogens is 206 g/mol. The second-order valence-electron chi connectivity index (χ2n) is 2.80. The summed E-state index contributed by atoms with van der Waals surface area (Å²) in [6.45, 7) is 0.